The number of likely N-dealkylation sites (N-methyl/N-ethyl adjacent to an activating group) is 1. The van der Waals surface area contributed by atoms with E-state index in [-0.39, 0.29) is 37.7 Å². The van der Waals surface area contributed by atoms with Gasteiger partial charge in [0.15, 0.2) is 0 Å². The van der Waals surface area contributed by atoms with Gasteiger partial charge in [0.05, 0.1) is 11.9 Å². The third-order valence-corrected chi connectivity index (χ3v) is 6.99. The molecule has 2 aromatic rings. The number of hydrogen-bond acceptors (Lipinski definition) is 4. The monoisotopic (exact) mass is 513 g/mol. The highest BCUT2D eigenvalue weighted by Gasteiger charge is 2.26. The minimum atomic E-state index is -3.53. The number of rotatable bonds is 10. The van der Waals surface area contributed by atoms with Crippen molar-refractivity contribution in [3.05, 3.63) is 63.6 Å². The van der Waals surface area contributed by atoms with Crippen molar-refractivity contribution < 1.29 is 18.0 Å². The van der Waals surface area contributed by atoms with E-state index in [4.69, 9.17) is 23.2 Å². The number of nitrogens with zero attached hydrogens (tertiary/aromatic N) is 2. The van der Waals surface area contributed by atoms with Gasteiger partial charge in [-0.1, -0.05) is 41.4 Å². The van der Waals surface area contributed by atoms with Gasteiger partial charge in [0.2, 0.25) is 21.8 Å². The number of carbonyl (C=O) groups is 2. The highest BCUT2D eigenvalue weighted by Crippen LogP contribution is 2.24. The van der Waals surface area contributed by atoms with Gasteiger partial charge in [0, 0.05) is 36.6 Å². The molecule has 0 spiro atoms. The van der Waals surface area contributed by atoms with Crippen molar-refractivity contribution in [3.8, 4) is 0 Å². The van der Waals surface area contributed by atoms with Crippen LogP contribution < -0.4 is 9.62 Å². The van der Waals surface area contributed by atoms with Gasteiger partial charge in [0.1, 0.15) is 6.04 Å². The Morgan fingerprint density at radius 3 is 2.39 bits per heavy atom. The van der Waals surface area contributed by atoms with Crippen LogP contribution in [-0.4, -0.2) is 51.0 Å². The van der Waals surface area contributed by atoms with Crippen LogP contribution in [0.25, 0.3) is 0 Å². The molecule has 180 valence electrons. The van der Waals surface area contributed by atoms with Gasteiger partial charge in [0.25, 0.3) is 0 Å². The van der Waals surface area contributed by atoms with Gasteiger partial charge in [-0.05, 0) is 55.7 Å². The first-order valence-electron chi connectivity index (χ1n) is 10.4. The fourth-order valence-corrected chi connectivity index (χ4v) is 4.84. The number of carbonyl (C=O) groups excluding carboxylic acids is 2. The zero-order valence-electron chi connectivity index (χ0n) is 19.1. The van der Waals surface area contributed by atoms with Crippen LogP contribution in [0.5, 0.6) is 0 Å². The average Bonchev–Trinajstić information content (AvgIpc) is 2.74. The minimum Gasteiger partial charge on any atom is -0.357 e. The molecule has 0 saturated carbocycles. The van der Waals surface area contributed by atoms with E-state index in [2.05, 4.69) is 5.32 Å². The van der Waals surface area contributed by atoms with E-state index >= 15 is 0 Å². The number of nitrogens with one attached hydrogen (secondary N) is 1. The second-order valence-corrected chi connectivity index (χ2v) is 10.6. The largest absolute Gasteiger partial charge is 0.357 e. The van der Waals surface area contributed by atoms with Gasteiger partial charge in [-0.25, -0.2) is 8.42 Å². The highest BCUT2D eigenvalue weighted by molar-refractivity contribution is 7.92. The van der Waals surface area contributed by atoms with Crippen molar-refractivity contribution in [2.75, 3.05) is 24.2 Å². The summed E-state index contributed by atoms with van der Waals surface area (Å²) < 4.78 is 26.0. The fraction of sp³-hybridized carbons (Fsp3) is 0.391. The number of anilines is 1. The number of hydrogen-bond donors (Lipinski definition) is 1. The Morgan fingerprint density at radius 2 is 1.82 bits per heavy atom. The number of amides is 2. The van der Waals surface area contributed by atoms with Crippen molar-refractivity contribution in [1.82, 2.24) is 10.2 Å². The normalized spacial score (nSPS) is 12.2. The second-order valence-electron chi connectivity index (χ2n) is 7.83. The van der Waals surface area contributed by atoms with Crippen LogP contribution >= 0.6 is 23.2 Å². The van der Waals surface area contributed by atoms with E-state index < -0.39 is 16.1 Å². The molecule has 0 fully saturated rings. The summed E-state index contributed by atoms with van der Waals surface area (Å²) in [5.41, 5.74) is 2.14. The Balaban J connectivity index is 2.18. The summed E-state index contributed by atoms with van der Waals surface area (Å²) in [6, 6.07) is 11.4. The van der Waals surface area contributed by atoms with Crippen LogP contribution in [0.2, 0.25) is 10.0 Å². The first-order chi connectivity index (χ1) is 15.4. The Labute approximate surface area is 205 Å². The van der Waals surface area contributed by atoms with Crippen LogP contribution in [0.15, 0.2) is 42.5 Å². The first-order valence-corrected chi connectivity index (χ1v) is 13.0. The molecule has 1 atom stereocenters. The van der Waals surface area contributed by atoms with Crippen molar-refractivity contribution in [3.63, 3.8) is 0 Å². The maximum absolute atomic E-state index is 13.1. The van der Waals surface area contributed by atoms with E-state index in [9.17, 15) is 18.0 Å². The molecule has 33 heavy (non-hydrogen) atoms. The number of sulfonamides is 1. The highest BCUT2D eigenvalue weighted by atomic mass is 35.5. The summed E-state index contributed by atoms with van der Waals surface area (Å²) in [7, 11) is -2.03. The smallest absolute Gasteiger partial charge is 0.242 e. The van der Waals surface area contributed by atoms with Gasteiger partial charge >= 0.3 is 0 Å². The molecule has 0 aromatic heterocycles. The van der Waals surface area contributed by atoms with Crippen molar-refractivity contribution in [2.24, 2.45) is 0 Å². The lowest BCUT2D eigenvalue weighted by molar-refractivity contribution is -0.140. The Kier molecular flexibility index (Phi) is 9.57. The van der Waals surface area contributed by atoms with E-state index in [1.54, 1.807) is 43.3 Å². The molecule has 0 aliphatic carbocycles. The molecule has 0 radical (unpaired) electrons. The predicted molar refractivity (Wildman–Crippen MR) is 133 cm³/mol. The summed E-state index contributed by atoms with van der Waals surface area (Å²) in [5.74, 6) is -0.597. The van der Waals surface area contributed by atoms with Crippen LogP contribution in [0.1, 0.15) is 30.9 Å². The zero-order valence-corrected chi connectivity index (χ0v) is 21.5. The standard InChI is InChI=1S/C23H29Cl2N3O4S/c1-16-7-5-8-20(13-16)28(33(4,31)32)12-6-9-22(29)27(17(2)23(30)26-3)15-18-10-11-19(24)14-21(18)25/h5,7-8,10-11,13-14,17H,6,9,12,15H2,1-4H3,(H,26,30). The van der Waals surface area contributed by atoms with E-state index in [1.807, 2.05) is 13.0 Å². The van der Waals surface area contributed by atoms with Gasteiger partial charge in [-0.3, -0.25) is 13.9 Å². The third-order valence-electron chi connectivity index (χ3n) is 5.21. The predicted octanol–water partition coefficient (Wildman–Crippen LogP) is 4.01. The van der Waals surface area contributed by atoms with E-state index in [0.29, 0.717) is 21.3 Å². The molecular weight excluding hydrogens is 485 g/mol. The summed E-state index contributed by atoms with van der Waals surface area (Å²) in [5, 5.41) is 3.42. The molecule has 2 amide bonds. The maximum Gasteiger partial charge on any atom is 0.242 e. The van der Waals surface area contributed by atoms with Crippen molar-refractivity contribution >= 4 is 50.7 Å². The second kappa shape index (κ2) is 11.7. The lowest BCUT2D eigenvalue weighted by atomic mass is 10.1. The van der Waals surface area contributed by atoms with E-state index in [0.717, 1.165) is 11.8 Å². The molecule has 1 unspecified atom stereocenters. The molecule has 2 aromatic carbocycles. The fourth-order valence-electron chi connectivity index (χ4n) is 3.41. The molecule has 10 heteroatoms. The van der Waals surface area contributed by atoms with Crippen molar-refractivity contribution in [1.29, 1.82) is 0 Å². The van der Waals surface area contributed by atoms with Crippen LogP contribution in [0, 0.1) is 6.92 Å². The SMILES string of the molecule is CNC(=O)C(C)N(Cc1ccc(Cl)cc1Cl)C(=O)CCCN(c1cccc(C)c1)S(C)(=O)=O. The summed E-state index contributed by atoms with van der Waals surface area (Å²) in [6.45, 7) is 3.78. The Bertz CT molecular complexity index is 1110. The first kappa shape index (κ1) is 27.0. The topological polar surface area (TPSA) is 86.8 Å². The number of benzene rings is 2. The number of halogens is 2. The molecule has 7 nitrogen and oxygen atoms in total. The quantitative estimate of drug-likeness (QED) is 0.519. The van der Waals surface area contributed by atoms with Gasteiger partial charge < -0.3 is 10.2 Å². The molecule has 0 saturated heterocycles. The summed E-state index contributed by atoms with van der Waals surface area (Å²) in [6.07, 6.45) is 1.48. The molecule has 2 rings (SSSR count). The maximum atomic E-state index is 13.1. The molecule has 0 aliphatic rings. The molecule has 0 bridgehead atoms. The summed E-state index contributed by atoms with van der Waals surface area (Å²) in [4.78, 5) is 26.8. The van der Waals surface area contributed by atoms with Crippen LogP contribution in [0.4, 0.5) is 5.69 Å². The van der Waals surface area contributed by atoms with E-state index in [1.165, 1.54) is 16.3 Å². The van der Waals surface area contributed by atoms with Crippen molar-refractivity contribution in [2.45, 2.75) is 39.3 Å². The minimum absolute atomic E-state index is 0.0599. The third kappa shape index (κ3) is 7.62. The molecule has 0 aliphatic heterocycles. The zero-order chi connectivity index (χ0) is 24.8. The average molecular weight is 514 g/mol. The van der Waals surface area contributed by atoms with Gasteiger partial charge in [-0.2, -0.15) is 0 Å². The molecule has 0 heterocycles. The Hall–Kier alpha value is -2.29. The van der Waals surface area contributed by atoms with Crippen LogP contribution in [0.3, 0.4) is 0 Å². The summed E-state index contributed by atoms with van der Waals surface area (Å²) >= 11 is 12.2. The Morgan fingerprint density at radius 1 is 1.12 bits per heavy atom. The lowest BCUT2D eigenvalue weighted by Gasteiger charge is -2.29. The van der Waals surface area contributed by atoms with Gasteiger partial charge in [-0.15, -0.1) is 0 Å². The molecular formula is C23H29Cl2N3O4S. The molecule has 1 N–H and O–H groups in total. The number of aryl methyl sites for hydroxylation is 1. The van der Waals surface area contributed by atoms with Crippen LogP contribution in [-0.2, 0) is 26.2 Å². The lowest BCUT2D eigenvalue weighted by Crippen LogP contribution is -2.46.